The van der Waals surface area contributed by atoms with Crippen molar-refractivity contribution in [1.82, 2.24) is 10.2 Å². The molecule has 1 amide bonds. The van der Waals surface area contributed by atoms with E-state index in [0.29, 0.717) is 22.2 Å². The van der Waals surface area contributed by atoms with Crippen LogP contribution in [0.2, 0.25) is 10.0 Å². The van der Waals surface area contributed by atoms with E-state index in [2.05, 4.69) is 22.3 Å². The van der Waals surface area contributed by atoms with Gasteiger partial charge in [0, 0.05) is 19.6 Å². The third-order valence-corrected chi connectivity index (χ3v) is 4.09. The van der Waals surface area contributed by atoms with Crippen molar-refractivity contribution in [3.8, 4) is 0 Å². The van der Waals surface area contributed by atoms with Gasteiger partial charge in [-0.1, -0.05) is 59.6 Å². The summed E-state index contributed by atoms with van der Waals surface area (Å²) in [6.07, 6.45) is 0. The van der Waals surface area contributed by atoms with E-state index in [1.54, 1.807) is 18.2 Å². The van der Waals surface area contributed by atoms with Crippen molar-refractivity contribution in [3.63, 3.8) is 0 Å². The van der Waals surface area contributed by atoms with Gasteiger partial charge < -0.3 is 10.2 Å². The summed E-state index contributed by atoms with van der Waals surface area (Å²) in [6.45, 7) is 2.14. The van der Waals surface area contributed by atoms with Gasteiger partial charge >= 0.3 is 0 Å². The van der Waals surface area contributed by atoms with Gasteiger partial charge in [0.25, 0.3) is 5.91 Å². The fourth-order valence-electron chi connectivity index (χ4n) is 2.11. The van der Waals surface area contributed by atoms with E-state index in [1.807, 2.05) is 25.2 Å². The molecule has 22 heavy (non-hydrogen) atoms. The second-order valence-corrected chi connectivity index (χ2v) is 5.87. The Morgan fingerprint density at radius 2 is 1.82 bits per heavy atom. The molecule has 0 bridgehead atoms. The number of carbonyl (C=O) groups is 1. The molecular weight excluding hydrogens is 319 g/mol. The molecule has 0 aromatic heterocycles. The molecule has 5 heteroatoms. The van der Waals surface area contributed by atoms with Crippen molar-refractivity contribution >= 4 is 29.1 Å². The maximum atomic E-state index is 12.1. The number of hydrogen-bond donors (Lipinski definition) is 1. The van der Waals surface area contributed by atoms with Crippen LogP contribution in [-0.2, 0) is 6.54 Å². The Morgan fingerprint density at radius 1 is 1.09 bits per heavy atom. The lowest BCUT2D eigenvalue weighted by atomic mass is 10.2. The van der Waals surface area contributed by atoms with E-state index in [0.717, 1.165) is 13.1 Å². The Kier molecular flexibility index (Phi) is 6.25. The van der Waals surface area contributed by atoms with Crippen LogP contribution in [0.25, 0.3) is 0 Å². The van der Waals surface area contributed by atoms with E-state index >= 15 is 0 Å². The molecule has 0 radical (unpaired) electrons. The van der Waals surface area contributed by atoms with Gasteiger partial charge in [-0.25, -0.2) is 0 Å². The van der Waals surface area contributed by atoms with Crippen molar-refractivity contribution in [3.05, 3.63) is 69.7 Å². The summed E-state index contributed by atoms with van der Waals surface area (Å²) < 4.78 is 0. The average Bonchev–Trinajstić information content (AvgIpc) is 2.51. The Morgan fingerprint density at radius 3 is 2.55 bits per heavy atom. The van der Waals surface area contributed by atoms with Crippen LogP contribution in [-0.4, -0.2) is 30.9 Å². The minimum Gasteiger partial charge on any atom is -0.351 e. The Balaban J connectivity index is 1.81. The molecule has 3 nitrogen and oxygen atoms in total. The summed E-state index contributed by atoms with van der Waals surface area (Å²) in [5.74, 6) is -0.208. The highest BCUT2D eigenvalue weighted by molar-refractivity contribution is 6.43. The first-order chi connectivity index (χ1) is 10.6. The van der Waals surface area contributed by atoms with Gasteiger partial charge in [-0.05, 0) is 24.7 Å². The number of nitrogens with zero attached hydrogens (tertiary/aromatic N) is 1. The summed E-state index contributed by atoms with van der Waals surface area (Å²) in [4.78, 5) is 14.2. The van der Waals surface area contributed by atoms with Crippen molar-refractivity contribution in [2.45, 2.75) is 6.54 Å². The second kappa shape index (κ2) is 8.18. The van der Waals surface area contributed by atoms with Crippen LogP contribution >= 0.6 is 23.2 Å². The smallest absolute Gasteiger partial charge is 0.252 e. The zero-order chi connectivity index (χ0) is 15.9. The van der Waals surface area contributed by atoms with E-state index in [9.17, 15) is 4.79 Å². The molecule has 0 unspecified atom stereocenters. The van der Waals surface area contributed by atoms with E-state index < -0.39 is 0 Å². The molecule has 2 aromatic rings. The fraction of sp³-hybridized carbons (Fsp3) is 0.235. The van der Waals surface area contributed by atoms with Gasteiger partial charge in [0.05, 0.1) is 15.6 Å². The number of hydrogen-bond acceptors (Lipinski definition) is 2. The minimum atomic E-state index is -0.208. The molecule has 2 aromatic carbocycles. The second-order valence-electron chi connectivity index (χ2n) is 5.08. The minimum absolute atomic E-state index is 0.208. The highest BCUT2D eigenvalue weighted by Crippen LogP contribution is 2.25. The Hall–Kier alpha value is -1.55. The third kappa shape index (κ3) is 4.73. The van der Waals surface area contributed by atoms with Crippen molar-refractivity contribution in [2.75, 3.05) is 20.1 Å². The molecule has 0 saturated heterocycles. The van der Waals surface area contributed by atoms with Crippen molar-refractivity contribution in [1.29, 1.82) is 0 Å². The largest absolute Gasteiger partial charge is 0.351 e. The van der Waals surface area contributed by atoms with Crippen LogP contribution in [0.5, 0.6) is 0 Å². The zero-order valence-electron chi connectivity index (χ0n) is 12.4. The number of carbonyl (C=O) groups excluding carboxylic acids is 1. The van der Waals surface area contributed by atoms with Gasteiger partial charge in [0.1, 0.15) is 0 Å². The van der Waals surface area contributed by atoms with Crippen LogP contribution < -0.4 is 5.32 Å². The predicted molar refractivity (Wildman–Crippen MR) is 91.6 cm³/mol. The number of likely N-dealkylation sites (N-methyl/N-ethyl adjacent to an activating group) is 1. The van der Waals surface area contributed by atoms with Crippen molar-refractivity contribution in [2.24, 2.45) is 0 Å². The molecule has 0 aliphatic rings. The summed E-state index contributed by atoms with van der Waals surface area (Å²) in [5.41, 5.74) is 1.65. The SMILES string of the molecule is CN(CCNC(=O)c1cccc(Cl)c1Cl)Cc1ccccc1. The van der Waals surface area contributed by atoms with Crippen LogP contribution in [0, 0.1) is 0 Å². The first-order valence-corrected chi connectivity index (χ1v) is 7.78. The van der Waals surface area contributed by atoms with E-state index in [4.69, 9.17) is 23.2 Å². The highest BCUT2D eigenvalue weighted by Gasteiger charge is 2.12. The lowest BCUT2D eigenvalue weighted by Gasteiger charge is -2.17. The summed E-state index contributed by atoms with van der Waals surface area (Å²) in [7, 11) is 2.02. The number of nitrogens with one attached hydrogen (secondary N) is 1. The maximum absolute atomic E-state index is 12.1. The predicted octanol–water partition coefficient (Wildman–Crippen LogP) is 3.86. The molecule has 0 aliphatic carbocycles. The van der Waals surface area contributed by atoms with Crippen LogP contribution in [0.3, 0.4) is 0 Å². The molecule has 0 aliphatic heterocycles. The molecular formula is C17H18Cl2N2O. The fourth-order valence-corrected chi connectivity index (χ4v) is 2.50. The van der Waals surface area contributed by atoms with Gasteiger partial charge in [0.2, 0.25) is 0 Å². The maximum Gasteiger partial charge on any atom is 0.252 e. The van der Waals surface area contributed by atoms with Gasteiger partial charge in [-0.15, -0.1) is 0 Å². The number of halogens is 2. The molecule has 0 spiro atoms. The molecule has 116 valence electrons. The topological polar surface area (TPSA) is 32.3 Å². The molecule has 0 saturated carbocycles. The quantitative estimate of drug-likeness (QED) is 0.868. The summed E-state index contributed by atoms with van der Waals surface area (Å²) in [5, 5.41) is 3.54. The van der Waals surface area contributed by atoms with Crippen LogP contribution in [0.1, 0.15) is 15.9 Å². The molecule has 0 fully saturated rings. The Labute approximate surface area is 140 Å². The highest BCUT2D eigenvalue weighted by atomic mass is 35.5. The number of rotatable bonds is 6. The van der Waals surface area contributed by atoms with E-state index in [1.165, 1.54) is 5.56 Å². The summed E-state index contributed by atoms with van der Waals surface area (Å²) >= 11 is 11.9. The third-order valence-electron chi connectivity index (χ3n) is 3.27. The summed E-state index contributed by atoms with van der Waals surface area (Å²) in [6, 6.07) is 15.2. The number of amides is 1. The first-order valence-electron chi connectivity index (χ1n) is 7.02. The number of benzene rings is 2. The average molecular weight is 337 g/mol. The lowest BCUT2D eigenvalue weighted by Crippen LogP contribution is -2.32. The van der Waals surface area contributed by atoms with Gasteiger partial charge in [-0.2, -0.15) is 0 Å². The standard InChI is InChI=1S/C17H18Cl2N2O/c1-21(12-13-6-3-2-4-7-13)11-10-20-17(22)14-8-5-9-15(18)16(14)19/h2-9H,10-12H2,1H3,(H,20,22). The van der Waals surface area contributed by atoms with Crippen molar-refractivity contribution < 1.29 is 4.79 Å². The molecule has 1 N–H and O–H groups in total. The Bertz CT molecular complexity index is 632. The lowest BCUT2D eigenvalue weighted by molar-refractivity contribution is 0.0950. The van der Waals surface area contributed by atoms with E-state index in [-0.39, 0.29) is 5.91 Å². The van der Waals surface area contributed by atoms with Gasteiger partial charge in [0.15, 0.2) is 0 Å². The molecule has 2 rings (SSSR count). The van der Waals surface area contributed by atoms with Gasteiger partial charge in [-0.3, -0.25) is 4.79 Å². The van der Waals surface area contributed by atoms with Crippen LogP contribution in [0.15, 0.2) is 48.5 Å². The normalized spacial score (nSPS) is 10.7. The molecule has 0 atom stereocenters. The first kappa shape index (κ1) is 16.8. The monoisotopic (exact) mass is 336 g/mol. The molecule has 0 heterocycles. The zero-order valence-corrected chi connectivity index (χ0v) is 13.9. The van der Waals surface area contributed by atoms with Crippen LogP contribution in [0.4, 0.5) is 0 Å².